The maximum Gasteiger partial charge on any atom is 0.229 e. The summed E-state index contributed by atoms with van der Waals surface area (Å²) in [6.45, 7) is 2.78. The molecule has 1 spiro atoms. The maximum absolute atomic E-state index is 12.3. The summed E-state index contributed by atoms with van der Waals surface area (Å²) < 4.78 is 12.3. The predicted molar refractivity (Wildman–Crippen MR) is 111 cm³/mol. The number of pyridine rings is 1. The van der Waals surface area contributed by atoms with Gasteiger partial charge < -0.3 is 4.90 Å². The largest absolute Gasteiger partial charge is 0.309 e. The lowest BCUT2D eigenvalue weighted by molar-refractivity contribution is 0.684. The Balaban J connectivity index is 1.51. The molecule has 1 unspecified atom stereocenters. The standard InChI is InChI=1S/C22H19N5OS/c1-2-29(28)17-3-4-18-20(10-17)27(14-22(18)6-7-22)21-25-12-16(13-26-21)19-9-15(11-23)5-8-24-19/h3-5,8-10,12-13H,2,6-7,14H2,1H3. The van der Waals surface area contributed by atoms with Crippen molar-refractivity contribution in [2.75, 3.05) is 17.2 Å². The molecule has 1 atom stereocenters. The molecular weight excluding hydrogens is 382 g/mol. The van der Waals surface area contributed by atoms with E-state index < -0.39 is 10.8 Å². The van der Waals surface area contributed by atoms with Crippen LogP contribution < -0.4 is 4.90 Å². The summed E-state index contributed by atoms with van der Waals surface area (Å²) in [5.74, 6) is 1.24. The first kappa shape index (κ1) is 18.0. The zero-order valence-corrected chi connectivity index (χ0v) is 16.8. The average molecular weight is 401 g/mol. The van der Waals surface area contributed by atoms with Crippen LogP contribution in [-0.2, 0) is 16.2 Å². The van der Waals surface area contributed by atoms with Gasteiger partial charge in [-0.2, -0.15) is 5.26 Å². The lowest BCUT2D eigenvalue weighted by Gasteiger charge is -2.18. The van der Waals surface area contributed by atoms with E-state index in [0.29, 0.717) is 23.0 Å². The Hall–Kier alpha value is -3.11. The van der Waals surface area contributed by atoms with Gasteiger partial charge in [-0.1, -0.05) is 13.0 Å². The summed E-state index contributed by atoms with van der Waals surface area (Å²) in [7, 11) is -0.992. The normalized spacial score (nSPS) is 17.0. The monoisotopic (exact) mass is 401 g/mol. The second-order valence-corrected chi connectivity index (χ2v) is 9.23. The molecule has 0 radical (unpaired) electrons. The highest BCUT2D eigenvalue weighted by Crippen LogP contribution is 2.57. The van der Waals surface area contributed by atoms with Gasteiger partial charge in [0.2, 0.25) is 5.95 Å². The fraction of sp³-hybridized carbons (Fsp3) is 0.273. The van der Waals surface area contributed by atoms with Gasteiger partial charge >= 0.3 is 0 Å². The van der Waals surface area contributed by atoms with Crippen LogP contribution in [0, 0.1) is 11.3 Å². The second kappa shape index (κ2) is 6.75. The first-order chi connectivity index (χ1) is 14.1. The van der Waals surface area contributed by atoms with Crippen molar-refractivity contribution in [1.82, 2.24) is 15.0 Å². The smallest absolute Gasteiger partial charge is 0.229 e. The highest BCUT2D eigenvalue weighted by atomic mass is 32.2. The Morgan fingerprint density at radius 3 is 2.66 bits per heavy atom. The van der Waals surface area contributed by atoms with Gasteiger partial charge in [0.1, 0.15) is 0 Å². The Bertz CT molecular complexity index is 1160. The first-order valence-corrected chi connectivity index (χ1v) is 10.9. The van der Waals surface area contributed by atoms with Crippen LogP contribution in [0.15, 0.2) is 53.8 Å². The van der Waals surface area contributed by atoms with Crippen molar-refractivity contribution >= 4 is 22.4 Å². The molecule has 1 fully saturated rings. The molecule has 5 rings (SSSR count). The molecule has 0 N–H and O–H groups in total. The number of hydrogen-bond acceptors (Lipinski definition) is 6. The summed E-state index contributed by atoms with van der Waals surface area (Å²) in [4.78, 5) is 16.5. The zero-order chi connectivity index (χ0) is 20.0. The summed E-state index contributed by atoms with van der Waals surface area (Å²) in [6, 6.07) is 11.7. The van der Waals surface area contributed by atoms with E-state index >= 15 is 0 Å². The first-order valence-electron chi connectivity index (χ1n) is 9.62. The topological polar surface area (TPSA) is 82.8 Å². The number of aromatic nitrogens is 3. The average Bonchev–Trinajstić information content (AvgIpc) is 3.49. The SMILES string of the molecule is CCS(=O)c1ccc2c(c1)N(c1ncc(-c3cc(C#N)ccn3)cn1)CC21CC1. The number of anilines is 2. The highest BCUT2D eigenvalue weighted by Gasteiger charge is 2.52. The van der Waals surface area contributed by atoms with Gasteiger partial charge in [-0.3, -0.25) is 9.19 Å². The molecule has 0 saturated heterocycles. The fourth-order valence-corrected chi connectivity index (χ4v) is 4.77. The lowest BCUT2D eigenvalue weighted by atomic mass is 9.99. The van der Waals surface area contributed by atoms with Gasteiger partial charge in [-0.25, -0.2) is 9.97 Å². The number of fused-ring (bicyclic) bond motifs is 2. The molecule has 1 aromatic carbocycles. The van der Waals surface area contributed by atoms with E-state index in [1.165, 1.54) is 5.56 Å². The van der Waals surface area contributed by atoms with Crippen molar-refractivity contribution < 1.29 is 4.21 Å². The van der Waals surface area contributed by atoms with Crippen molar-refractivity contribution in [2.45, 2.75) is 30.1 Å². The lowest BCUT2D eigenvalue weighted by Crippen LogP contribution is -2.21. The van der Waals surface area contributed by atoms with Gasteiger partial charge in [-0.05, 0) is 42.7 Å². The number of rotatable bonds is 4. The van der Waals surface area contributed by atoms with Crippen LogP contribution in [0.25, 0.3) is 11.3 Å². The maximum atomic E-state index is 12.3. The molecule has 3 heterocycles. The Labute approximate surface area is 171 Å². The Morgan fingerprint density at radius 2 is 1.97 bits per heavy atom. The molecule has 2 aromatic heterocycles. The Kier molecular flexibility index (Phi) is 4.18. The summed E-state index contributed by atoms with van der Waals surface area (Å²) >= 11 is 0. The summed E-state index contributed by atoms with van der Waals surface area (Å²) in [5.41, 5.74) is 4.57. The molecule has 1 saturated carbocycles. The van der Waals surface area contributed by atoms with E-state index in [1.807, 2.05) is 19.1 Å². The quantitative estimate of drug-likeness (QED) is 0.663. The van der Waals surface area contributed by atoms with Crippen molar-refractivity contribution in [1.29, 1.82) is 5.26 Å². The summed E-state index contributed by atoms with van der Waals surface area (Å²) in [5, 5.41) is 9.09. The molecule has 0 amide bonds. The van der Waals surface area contributed by atoms with Crippen LogP contribution in [0.5, 0.6) is 0 Å². The van der Waals surface area contributed by atoms with E-state index in [0.717, 1.165) is 35.5 Å². The van der Waals surface area contributed by atoms with Gasteiger partial charge in [0, 0.05) is 52.4 Å². The highest BCUT2D eigenvalue weighted by molar-refractivity contribution is 7.85. The third-order valence-electron chi connectivity index (χ3n) is 5.74. The molecule has 6 nitrogen and oxygen atoms in total. The van der Waals surface area contributed by atoms with E-state index in [2.05, 4.69) is 32.0 Å². The minimum Gasteiger partial charge on any atom is -0.309 e. The minimum atomic E-state index is -0.992. The fourth-order valence-electron chi connectivity index (χ4n) is 3.97. The van der Waals surface area contributed by atoms with E-state index in [4.69, 9.17) is 5.26 Å². The number of hydrogen-bond donors (Lipinski definition) is 0. The van der Waals surface area contributed by atoms with Crippen molar-refractivity contribution in [2.24, 2.45) is 0 Å². The molecule has 144 valence electrons. The van der Waals surface area contributed by atoms with Crippen LogP contribution in [0.4, 0.5) is 11.6 Å². The summed E-state index contributed by atoms with van der Waals surface area (Å²) in [6.07, 6.45) is 7.44. The minimum absolute atomic E-state index is 0.187. The molecule has 7 heteroatoms. The van der Waals surface area contributed by atoms with Crippen molar-refractivity contribution in [3.8, 4) is 17.3 Å². The number of nitriles is 1. The van der Waals surface area contributed by atoms with Crippen LogP contribution >= 0.6 is 0 Å². The van der Waals surface area contributed by atoms with Crippen LogP contribution in [0.1, 0.15) is 30.9 Å². The number of nitrogens with zero attached hydrogens (tertiary/aromatic N) is 5. The molecule has 3 aromatic rings. The van der Waals surface area contributed by atoms with Gasteiger partial charge in [0.25, 0.3) is 0 Å². The second-order valence-electron chi connectivity index (χ2n) is 7.49. The Morgan fingerprint density at radius 1 is 1.17 bits per heavy atom. The van der Waals surface area contributed by atoms with E-state index in [9.17, 15) is 4.21 Å². The van der Waals surface area contributed by atoms with Gasteiger partial charge in [-0.15, -0.1) is 0 Å². The van der Waals surface area contributed by atoms with Crippen LogP contribution in [0.2, 0.25) is 0 Å². The third kappa shape index (κ3) is 3.00. The predicted octanol–water partition coefficient (Wildman–Crippen LogP) is 3.72. The van der Waals surface area contributed by atoms with E-state index in [1.54, 1.807) is 30.7 Å². The molecule has 29 heavy (non-hydrogen) atoms. The molecular formula is C22H19N5OS. The van der Waals surface area contributed by atoms with Gasteiger partial charge in [0.05, 0.1) is 28.1 Å². The molecule has 1 aliphatic heterocycles. The molecule has 1 aliphatic carbocycles. The zero-order valence-electron chi connectivity index (χ0n) is 16.0. The number of benzene rings is 1. The molecule has 0 bridgehead atoms. The van der Waals surface area contributed by atoms with Crippen molar-refractivity contribution in [3.63, 3.8) is 0 Å². The van der Waals surface area contributed by atoms with E-state index in [-0.39, 0.29) is 5.41 Å². The van der Waals surface area contributed by atoms with Crippen LogP contribution in [0.3, 0.4) is 0 Å². The van der Waals surface area contributed by atoms with Gasteiger partial charge in [0.15, 0.2) is 0 Å². The van der Waals surface area contributed by atoms with Crippen molar-refractivity contribution in [3.05, 3.63) is 60.0 Å². The van der Waals surface area contributed by atoms with Crippen LogP contribution in [-0.4, -0.2) is 31.5 Å². The third-order valence-corrected chi connectivity index (χ3v) is 7.04. The molecule has 2 aliphatic rings.